The zero-order chi connectivity index (χ0) is 13.0. The molecule has 0 aliphatic carbocycles. The summed E-state index contributed by atoms with van der Waals surface area (Å²) in [5.41, 5.74) is 7.29. The van der Waals surface area contributed by atoms with Crippen molar-refractivity contribution >= 4 is 15.9 Å². The largest absolute Gasteiger partial charge is 0.486 e. The molecule has 0 aliphatic rings. The fraction of sp³-hybridized carbons (Fsp3) is 0.154. The Morgan fingerprint density at radius 2 is 2.17 bits per heavy atom. The van der Waals surface area contributed by atoms with Crippen molar-refractivity contribution in [3.63, 3.8) is 0 Å². The minimum absolute atomic E-state index is 0.259. The van der Waals surface area contributed by atoms with Crippen molar-refractivity contribution in [1.82, 2.24) is 4.98 Å². The van der Waals surface area contributed by atoms with E-state index in [-0.39, 0.29) is 12.4 Å². The maximum atomic E-state index is 13.1. The Labute approximate surface area is 113 Å². The van der Waals surface area contributed by atoms with Crippen molar-refractivity contribution in [2.24, 2.45) is 5.73 Å². The first-order valence-corrected chi connectivity index (χ1v) is 6.20. The van der Waals surface area contributed by atoms with Crippen LogP contribution in [0.15, 0.2) is 41.0 Å². The van der Waals surface area contributed by atoms with Crippen LogP contribution in [0.5, 0.6) is 5.75 Å². The zero-order valence-electron chi connectivity index (χ0n) is 9.57. The molecule has 0 radical (unpaired) electrons. The average Bonchev–Trinajstić information content (AvgIpc) is 2.40. The number of nitrogens with two attached hydrogens (primary N) is 1. The van der Waals surface area contributed by atoms with E-state index in [1.165, 1.54) is 12.1 Å². The summed E-state index contributed by atoms with van der Waals surface area (Å²) in [5.74, 6) is 0.108. The third-order valence-corrected chi connectivity index (χ3v) is 3.12. The van der Waals surface area contributed by atoms with E-state index in [1.807, 2.05) is 12.1 Å². The predicted molar refractivity (Wildman–Crippen MR) is 70.6 cm³/mol. The van der Waals surface area contributed by atoms with Gasteiger partial charge in [0, 0.05) is 18.8 Å². The number of hydrogen-bond donors (Lipinski definition) is 1. The van der Waals surface area contributed by atoms with Crippen LogP contribution in [0.1, 0.15) is 11.3 Å². The molecule has 0 aliphatic heterocycles. The maximum absolute atomic E-state index is 13.1. The van der Waals surface area contributed by atoms with E-state index >= 15 is 0 Å². The molecule has 0 fully saturated rings. The molecule has 18 heavy (non-hydrogen) atoms. The summed E-state index contributed by atoms with van der Waals surface area (Å²) < 4.78 is 19.3. The molecule has 0 saturated carbocycles. The van der Waals surface area contributed by atoms with Crippen LogP contribution >= 0.6 is 15.9 Å². The van der Waals surface area contributed by atoms with Gasteiger partial charge in [0.05, 0.1) is 10.2 Å². The Bertz CT molecular complexity index is 548. The third-order valence-electron chi connectivity index (χ3n) is 2.46. The normalized spacial score (nSPS) is 10.4. The van der Waals surface area contributed by atoms with E-state index in [0.717, 1.165) is 11.3 Å². The molecule has 94 valence electrons. The van der Waals surface area contributed by atoms with Crippen LogP contribution in [0, 0.1) is 5.82 Å². The van der Waals surface area contributed by atoms with Crippen molar-refractivity contribution in [3.05, 3.63) is 58.1 Å². The number of pyridine rings is 1. The van der Waals surface area contributed by atoms with Crippen LogP contribution < -0.4 is 10.5 Å². The van der Waals surface area contributed by atoms with Gasteiger partial charge in [0.1, 0.15) is 18.2 Å². The highest BCUT2D eigenvalue weighted by Crippen LogP contribution is 2.26. The Balaban J connectivity index is 2.14. The maximum Gasteiger partial charge on any atom is 0.136 e. The Morgan fingerprint density at radius 3 is 2.94 bits per heavy atom. The molecule has 0 spiro atoms. The topological polar surface area (TPSA) is 48.1 Å². The van der Waals surface area contributed by atoms with Crippen LogP contribution in [-0.4, -0.2) is 4.98 Å². The van der Waals surface area contributed by atoms with Crippen LogP contribution in [0.25, 0.3) is 0 Å². The molecule has 5 heteroatoms. The molecule has 3 nitrogen and oxygen atoms in total. The van der Waals surface area contributed by atoms with Gasteiger partial charge in [-0.2, -0.15) is 0 Å². The minimum Gasteiger partial charge on any atom is -0.486 e. The monoisotopic (exact) mass is 310 g/mol. The first kappa shape index (κ1) is 13.0. The fourth-order valence-electron chi connectivity index (χ4n) is 1.52. The molecular formula is C13H12BrFN2O. The van der Waals surface area contributed by atoms with Crippen molar-refractivity contribution < 1.29 is 9.13 Å². The fourth-order valence-corrected chi connectivity index (χ4v) is 1.88. The van der Waals surface area contributed by atoms with E-state index in [0.29, 0.717) is 16.8 Å². The molecule has 0 amide bonds. The molecule has 0 saturated heterocycles. The van der Waals surface area contributed by atoms with Crippen molar-refractivity contribution in [1.29, 1.82) is 0 Å². The van der Waals surface area contributed by atoms with Gasteiger partial charge < -0.3 is 10.5 Å². The first-order chi connectivity index (χ1) is 8.70. The molecule has 2 rings (SSSR count). The summed E-state index contributed by atoms with van der Waals surface area (Å²) >= 11 is 3.30. The summed E-state index contributed by atoms with van der Waals surface area (Å²) in [6.07, 6.45) is 1.68. The third kappa shape index (κ3) is 3.05. The van der Waals surface area contributed by atoms with E-state index in [4.69, 9.17) is 10.5 Å². The second kappa shape index (κ2) is 5.93. The molecule has 2 N–H and O–H groups in total. The zero-order valence-corrected chi connectivity index (χ0v) is 11.2. The molecule has 2 aromatic rings. The van der Waals surface area contributed by atoms with Gasteiger partial charge in [-0.3, -0.25) is 4.98 Å². The van der Waals surface area contributed by atoms with Crippen molar-refractivity contribution in [3.8, 4) is 5.75 Å². The van der Waals surface area contributed by atoms with Crippen LogP contribution in [0.4, 0.5) is 4.39 Å². The molecular weight excluding hydrogens is 299 g/mol. The highest BCUT2D eigenvalue weighted by atomic mass is 79.9. The van der Waals surface area contributed by atoms with Crippen molar-refractivity contribution in [2.45, 2.75) is 13.2 Å². The van der Waals surface area contributed by atoms with Gasteiger partial charge in [-0.25, -0.2) is 4.39 Å². The number of rotatable bonds is 4. The summed E-state index contributed by atoms with van der Waals surface area (Å²) in [6, 6.07) is 8.02. The van der Waals surface area contributed by atoms with Gasteiger partial charge in [0.25, 0.3) is 0 Å². The van der Waals surface area contributed by atoms with Crippen molar-refractivity contribution in [2.75, 3.05) is 0 Å². The highest BCUT2D eigenvalue weighted by Gasteiger charge is 2.06. The van der Waals surface area contributed by atoms with Gasteiger partial charge in [-0.05, 0) is 39.7 Å². The second-order valence-electron chi connectivity index (χ2n) is 3.68. The van der Waals surface area contributed by atoms with E-state index in [9.17, 15) is 4.39 Å². The number of hydrogen-bond acceptors (Lipinski definition) is 3. The molecule has 0 unspecified atom stereocenters. The van der Waals surface area contributed by atoms with E-state index < -0.39 is 0 Å². The van der Waals surface area contributed by atoms with Crippen LogP contribution in [-0.2, 0) is 13.2 Å². The predicted octanol–water partition coefficient (Wildman–Crippen LogP) is 3.02. The van der Waals surface area contributed by atoms with Gasteiger partial charge in [0.15, 0.2) is 0 Å². The lowest BCUT2D eigenvalue weighted by Crippen LogP contribution is -2.06. The molecule has 0 atom stereocenters. The summed E-state index contributed by atoms with van der Waals surface area (Å²) in [4.78, 5) is 4.20. The summed E-state index contributed by atoms with van der Waals surface area (Å²) in [7, 11) is 0. The Morgan fingerprint density at radius 1 is 1.33 bits per heavy atom. The van der Waals surface area contributed by atoms with E-state index in [1.54, 1.807) is 12.3 Å². The van der Waals surface area contributed by atoms with Gasteiger partial charge >= 0.3 is 0 Å². The molecule has 1 aromatic heterocycles. The second-order valence-corrected chi connectivity index (χ2v) is 4.53. The highest BCUT2D eigenvalue weighted by molar-refractivity contribution is 9.10. The number of halogens is 2. The Kier molecular flexibility index (Phi) is 4.28. The molecule has 1 aromatic carbocycles. The van der Waals surface area contributed by atoms with Crippen LogP contribution in [0.3, 0.4) is 0 Å². The van der Waals surface area contributed by atoms with Gasteiger partial charge in [0.2, 0.25) is 0 Å². The quantitative estimate of drug-likeness (QED) is 0.944. The van der Waals surface area contributed by atoms with E-state index in [2.05, 4.69) is 20.9 Å². The molecule has 0 bridgehead atoms. The number of nitrogens with zero attached hydrogens (tertiary/aromatic N) is 1. The lowest BCUT2D eigenvalue weighted by atomic mass is 10.2. The lowest BCUT2D eigenvalue weighted by molar-refractivity contribution is 0.296. The number of benzene rings is 1. The standard InChI is InChI=1S/C13H12BrFN2O/c14-11-4-3-10(15)6-13(11)18-8-12-9(7-16)2-1-5-17-12/h1-6H,7-8,16H2. The SMILES string of the molecule is NCc1cccnc1COc1cc(F)ccc1Br. The smallest absolute Gasteiger partial charge is 0.136 e. The summed E-state index contributed by atoms with van der Waals surface area (Å²) in [5, 5.41) is 0. The van der Waals surface area contributed by atoms with Gasteiger partial charge in [-0.15, -0.1) is 0 Å². The first-order valence-electron chi connectivity index (χ1n) is 5.41. The molecule has 1 heterocycles. The Hall–Kier alpha value is -1.46. The number of ether oxygens (including phenoxy) is 1. The average molecular weight is 311 g/mol. The lowest BCUT2D eigenvalue weighted by Gasteiger charge is -2.10. The van der Waals surface area contributed by atoms with Gasteiger partial charge in [-0.1, -0.05) is 6.07 Å². The van der Waals surface area contributed by atoms with Crippen LogP contribution in [0.2, 0.25) is 0 Å². The summed E-state index contributed by atoms with van der Waals surface area (Å²) in [6.45, 7) is 0.659. The minimum atomic E-state index is -0.340. The number of aromatic nitrogens is 1.